The van der Waals surface area contributed by atoms with Gasteiger partial charge < -0.3 is 5.32 Å². The number of benzene rings is 3. The Kier molecular flexibility index (Phi) is 5.66. The zero-order valence-electron chi connectivity index (χ0n) is 14.4. The number of halogens is 1. The maximum absolute atomic E-state index is 13.1. The van der Waals surface area contributed by atoms with Crippen LogP contribution in [0.15, 0.2) is 89.8 Å². The second-order valence-corrected chi connectivity index (χ2v) is 8.10. The van der Waals surface area contributed by atoms with Gasteiger partial charge >= 0.3 is 0 Å². The van der Waals surface area contributed by atoms with Crippen molar-refractivity contribution in [2.75, 3.05) is 6.54 Å². The van der Waals surface area contributed by atoms with Gasteiger partial charge in [0.25, 0.3) is 5.91 Å². The van der Waals surface area contributed by atoms with Crippen molar-refractivity contribution in [3.8, 4) is 0 Å². The van der Waals surface area contributed by atoms with Gasteiger partial charge in [-0.15, -0.1) is 0 Å². The van der Waals surface area contributed by atoms with Crippen molar-refractivity contribution < 1.29 is 17.6 Å². The van der Waals surface area contributed by atoms with Crippen LogP contribution in [0.2, 0.25) is 0 Å². The molecule has 3 rings (SSSR count). The SMILES string of the molecule is O=C(NC[C@H](c1ccccc1)S(=O)(=O)c1ccccc1)c1ccc(F)cc1. The summed E-state index contributed by atoms with van der Waals surface area (Å²) in [6.07, 6.45) is 0. The zero-order valence-corrected chi connectivity index (χ0v) is 15.2. The van der Waals surface area contributed by atoms with Crippen molar-refractivity contribution in [3.05, 3.63) is 102 Å². The van der Waals surface area contributed by atoms with E-state index in [2.05, 4.69) is 5.32 Å². The maximum atomic E-state index is 13.1. The molecule has 0 saturated heterocycles. The van der Waals surface area contributed by atoms with Crippen molar-refractivity contribution in [2.45, 2.75) is 10.1 Å². The van der Waals surface area contributed by atoms with E-state index in [1.165, 1.54) is 36.4 Å². The van der Waals surface area contributed by atoms with Crippen molar-refractivity contribution in [1.29, 1.82) is 0 Å². The number of nitrogens with one attached hydrogen (secondary N) is 1. The number of carbonyl (C=O) groups excluding carboxylic acids is 1. The molecule has 138 valence electrons. The molecule has 0 aromatic heterocycles. The number of rotatable bonds is 6. The van der Waals surface area contributed by atoms with E-state index in [1.807, 2.05) is 0 Å². The first kappa shape index (κ1) is 18.8. The van der Waals surface area contributed by atoms with E-state index in [4.69, 9.17) is 0 Å². The average molecular weight is 383 g/mol. The Morgan fingerprint density at radius 2 is 1.41 bits per heavy atom. The van der Waals surface area contributed by atoms with Gasteiger partial charge in [0.1, 0.15) is 11.1 Å². The number of sulfone groups is 1. The predicted molar refractivity (Wildman–Crippen MR) is 102 cm³/mol. The van der Waals surface area contributed by atoms with Gasteiger partial charge in [0.2, 0.25) is 0 Å². The molecule has 4 nitrogen and oxygen atoms in total. The second-order valence-electron chi connectivity index (χ2n) is 5.97. The molecule has 3 aromatic carbocycles. The first-order valence-corrected chi connectivity index (χ1v) is 9.91. The average Bonchev–Trinajstić information content (AvgIpc) is 2.70. The van der Waals surface area contributed by atoms with Crippen LogP contribution in [0.3, 0.4) is 0 Å². The summed E-state index contributed by atoms with van der Waals surface area (Å²) in [4.78, 5) is 12.5. The summed E-state index contributed by atoms with van der Waals surface area (Å²) in [7, 11) is -3.71. The van der Waals surface area contributed by atoms with E-state index in [0.29, 0.717) is 5.56 Å². The van der Waals surface area contributed by atoms with E-state index < -0.39 is 26.8 Å². The Balaban J connectivity index is 1.87. The minimum Gasteiger partial charge on any atom is -0.350 e. The standard InChI is InChI=1S/C21H18FNO3S/c22-18-13-11-17(12-14-18)21(24)23-15-20(16-7-3-1-4-8-16)27(25,26)19-9-5-2-6-10-19/h1-14,20H,15H2,(H,23,24)/t20-/m1/s1. The molecule has 0 spiro atoms. The fourth-order valence-electron chi connectivity index (χ4n) is 2.74. The highest BCUT2D eigenvalue weighted by Crippen LogP contribution is 2.28. The number of hydrogen-bond acceptors (Lipinski definition) is 3. The van der Waals surface area contributed by atoms with Gasteiger partial charge in [-0.3, -0.25) is 4.79 Å². The normalized spacial score (nSPS) is 12.3. The Bertz CT molecular complexity index is 1000. The fourth-order valence-corrected chi connectivity index (χ4v) is 4.42. The molecule has 1 amide bonds. The molecule has 0 aliphatic heterocycles. The summed E-state index contributed by atoms with van der Waals surface area (Å²) in [5.41, 5.74) is 0.848. The van der Waals surface area contributed by atoms with Crippen molar-refractivity contribution in [2.24, 2.45) is 0 Å². The molecule has 3 aromatic rings. The highest BCUT2D eigenvalue weighted by molar-refractivity contribution is 7.91. The molecule has 0 unspecified atom stereocenters. The molecule has 6 heteroatoms. The molecule has 1 atom stereocenters. The van der Waals surface area contributed by atoms with Crippen LogP contribution in [0.5, 0.6) is 0 Å². The van der Waals surface area contributed by atoms with E-state index >= 15 is 0 Å². The van der Waals surface area contributed by atoms with Crippen molar-refractivity contribution in [3.63, 3.8) is 0 Å². The van der Waals surface area contributed by atoms with Crippen molar-refractivity contribution in [1.82, 2.24) is 5.32 Å². The lowest BCUT2D eigenvalue weighted by atomic mass is 10.1. The lowest BCUT2D eigenvalue weighted by Gasteiger charge is -2.19. The van der Waals surface area contributed by atoms with Gasteiger partial charge in [-0.2, -0.15) is 0 Å². The molecule has 0 fully saturated rings. The molecule has 0 aliphatic carbocycles. The van der Waals surface area contributed by atoms with Gasteiger partial charge in [0.15, 0.2) is 9.84 Å². The molecule has 1 N–H and O–H groups in total. The van der Waals surface area contributed by atoms with E-state index in [1.54, 1.807) is 48.5 Å². The third-order valence-electron chi connectivity index (χ3n) is 4.17. The third-order valence-corrected chi connectivity index (χ3v) is 6.29. The first-order valence-electron chi connectivity index (χ1n) is 8.36. The topological polar surface area (TPSA) is 63.2 Å². The largest absolute Gasteiger partial charge is 0.350 e. The number of hydrogen-bond donors (Lipinski definition) is 1. The van der Waals surface area contributed by atoms with Crippen LogP contribution in [0.4, 0.5) is 4.39 Å². The van der Waals surface area contributed by atoms with Crippen LogP contribution in [0.25, 0.3) is 0 Å². The highest BCUT2D eigenvalue weighted by atomic mass is 32.2. The molecular weight excluding hydrogens is 365 g/mol. The summed E-state index contributed by atoms with van der Waals surface area (Å²) < 4.78 is 39.3. The minimum atomic E-state index is -3.71. The monoisotopic (exact) mass is 383 g/mol. The van der Waals surface area contributed by atoms with Gasteiger partial charge in [-0.05, 0) is 42.0 Å². The fraction of sp³-hybridized carbons (Fsp3) is 0.0952. The quantitative estimate of drug-likeness (QED) is 0.705. The third kappa shape index (κ3) is 4.41. The van der Waals surface area contributed by atoms with Gasteiger partial charge in [-0.25, -0.2) is 12.8 Å². The maximum Gasteiger partial charge on any atom is 0.251 e. The molecule has 0 aliphatic rings. The summed E-state index contributed by atoms with van der Waals surface area (Å²) in [5, 5.41) is 1.71. The Morgan fingerprint density at radius 3 is 2.00 bits per heavy atom. The molecule has 27 heavy (non-hydrogen) atoms. The van der Waals surface area contributed by atoms with Crippen LogP contribution < -0.4 is 5.32 Å². The summed E-state index contributed by atoms with van der Waals surface area (Å²) >= 11 is 0. The van der Waals surface area contributed by atoms with Crippen LogP contribution in [0.1, 0.15) is 21.2 Å². The summed E-state index contributed by atoms with van der Waals surface area (Å²) in [5.74, 6) is -0.903. The highest BCUT2D eigenvalue weighted by Gasteiger charge is 2.29. The Labute approximate surface area is 157 Å². The lowest BCUT2D eigenvalue weighted by molar-refractivity contribution is 0.0953. The molecular formula is C21H18FNO3S. The molecule has 0 saturated carbocycles. The predicted octanol–water partition coefficient (Wildman–Crippen LogP) is 3.77. The Hall–Kier alpha value is -2.99. The molecule has 0 radical (unpaired) electrons. The van der Waals surface area contributed by atoms with Crippen molar-refractivity contribution >= 4 is 15.7 Å². The first-order chi connectivity index (χ1) is 13.0. The molecule has 0 heterocycles. The van der Waals surface area contributed by atoms with E-state index in [-0.39, 0.29) is 17.0 Å². The Morgan fingerprint density at radius 1 is 0.852 bits per heavy atom. The summed E-state index contributed by atoms with van der Waals surface area (Å²) in [6, 6.07) is 22.0. The van der Waals surface area contributed by atoms with Gasteiger partial charge in [0.05, 0.1) is 4.90 Å². The van der Waals surface area contributed by atoms with Gasteiger partial charge in [-0.1, -0.05) is 48.5 Å². The smallest absolute Gasteiger partial charge is 0.251 e. The minimum absolute atomic E-state index is 0.0998. The van der Waals surface area contributed by atoms with Gasteiger partial charge in [0, 0.05) is 12.1 Å². The van der Waals surface area contributed by atoms with E-state index in [9.17, 15) is 17.6 Å². The van der Waals surface area contributed by atoms with Crippen LogP contribution in [-0.2, 0) is 9.84 Å². The van der Waals surface area contributed by atoms with Crippen LogP contribution in [-0.4, -0.2) is 20.9 Å². The number of amides is 1. The van der Waals surface area contributed by atoms with Crippen LogP contribution >= 0.6 is 0 Å². The molecule has 0 bridgehead atoms. The van der Waals surface area contributed by atoms with E-state index in [0.717, 1.165) is 0 Å². The summed E-state index contributed by atoms with van der Waals surface area (Å²) in [6.45, 7) is -0.0998. The lowest BCUT2D eigenvalue weighted by Crippen LogP contribution is -2.32. The number of carbonyl (C=O) groups is 1. The zero-order chi connectivity index (χ0) is 19.3. The second kappa shape index (κ2) is 8.14. The van der Waals surface area contributed by atoms with Crippen LogP contribution in [0, 0.1) is 5.82 Å².